The molecule has 0 nitrogen and oxygen atoms in total. The second-order valence-corrected chi connectivity index (χ2v) is 4.46. The molecule has 0 fully saturated rings. The molecule has 0 bridgehead atoms. The Morgan fingerprint density at radius 1 is 1.07 bits per heavy atom. The first-order valence-electron chi connectivity index (χ1n) is 5.44. The Hall–Kier alpha value is -1.56. The number of hydrogen-bond acceptors (Lipinski definition) is 0. The Bertz CT molecular complexity index is 574. The van der Waals surface area contributed by atoms with E-state index in [4.69, 9.17) is 0 Å². The standard InChI is InChI=1S/C15H14/c1-10-7-13-9-12-5-3-4-6-14(12)11(2)15(13)8-10/h3-7,9H,8H2,1-2H3. The molecule has 0 radical (unpaired) electrons. The summed E-state index contributed by atoms with van der Waals surface area (Å²) in [7, 11) is 0. The Balaban J connectivity index is 2.41. The summed E-state index contributed by atoms with van der Waals surface area (Å²) >= 11 is 0. The highest BCUT2D eigenvalue weighted by molar-refractivity contribution is 5.90. The lowest BCUT2D eigenvalue weighted by atomic mass is 9.96. The van der Waals surface area contributed by atoms with Crippen molar-refractivity contribution in [1.29, 1.82) is 0 Å². The van der Waals surface area contributed by atoms with Gasteiger partial charge in [-0.05, 0) is 53.8 Å². The van der Waals surface area contributed by atoms with Gasteiger partial charge < -0.3 is 0 Å². The third-order valence-corrected chi connectivity index (χ3v) is 3.33. The first-order valence-corrected chi connectivity index (χ1v) is 5.44. The molecule has 1 aliphatic carbocycles. The van der Waals surface area contributed by atoms with Crippen LogP contribution in [0.15, 0.2) is 35.9 Å². The molecular formula is C15H14. The molecule has 2 aromatic rings. The summed E-state index contributed by atoms with van der Waals surface area (Å²) in [4.78, 5) is 0. The van der Waals surface area contributed by atoms with Gasteiger partial charge in [-0.2, -0.15) is 0 Å². The third-order valence-electron chi connectivity index (χ3n) is 3.33. The van der Waals surface area contributed by atoms with E-state index in [9.17, 15) is 0 Å². The molecule has 1 aliphatic rings. The Kier molecular flexibility index (Phi) is 1.72. The minimum Gasteiger partial charge on any atom is -0.0683 e. The van der Waals surface area contributed by atoms with Crippen LogP contribution < -0.4 is 0 Å². The highest BCUT2D eigenvalue weighted by atomic mass is 14.2. The van der Waals surface area contributed by atoms with E-state index in [0.717, 1.165) is 6.42 Å². The average molecular weight is 194 g/mol. The second-order valence-electron chi connectivity index (χ2n) is 4.46. The first kappa shape index (κ1) is 8.72. The highest BCUT2D eigenvalue weighted by Gasteiger charge is 2.13. The van der Waals surface area contributed by atoms with Crippen LogP contribution in [-0.2, 0) is 6.42 Å². The zero-order valence-electron chi connectivity index (χ0n) is 9.17. The first-order chi connectivity index (χ1) is 7.25. The minimum absolute atomic E-state index is 1.13. The summed E-state index contributed by atoms with van der Waals surface area (Å²) in [5, 5.41) is 2.76. The van der Waals surface area contributed by atoms with E-state index in [1.807, 2.05) is 0 Å². The van der Waals surface area contributed by atoms with Crippen molar-refractivity contribution in [1.82, 2.24) is 0 Å². The van der Waals surface area contributed by atoms with E-state index in [-0.39, 0.29) is 0 Å². The van der Waals surface area contributed by atoms with Gasteiger partial charge in [-0.1, -0.05) is 35.9 Å². The van der Waals surface area contributed by atoms with Gasteiger partial charge in [0, 0.05) is 0 Å². The minimum atomic E-state index is 1.13. The molecule has 0 unspecified atom stereocenters. The number of aryl methyl sites for hydroxylation is 1. The van der Waals surface area contributed by atoms with Crippen molar-refractivity contribution in [3.8, 4) is 0 Å². The molecule has 2 aromatic carbocycles. The molecule has 0 amide bonds. The maximum absolute atomic E-state index is 2.31. The summed E-state index contributed by atoms with van der Waals surface area (Å²) in [5.74, 6) is 0. The van der Waals surface area contributed by atoms with Gasteiger partial charge in [0.1, 0.15) is 0 Å². The number of rotatable bonds is 0. The van der Waals surface area contributed by atoms with Crippen molar-refractivity contribution in [2.45, 2.75) is 20.3 Å². The molecule has 74 valence electrons. The topological polar surface area (TPSA) is 0 Å². The molecule has 0 saturated heterocycles. The van der Waals surface area contributed by atoms with Gasteiger partial charge in [0.05, 0.1) is 0 Å². The van der Waals surface area contributed by atoms with Gasteiger partial charge in [0.25, 0.3) is 0 Å². The van der Waals surface area contributed by atoms with Crippen LogP contribution in [0.5, 0.6) is 0 Å². The summed E-state index contributed by atoms with van der Waals surface area (Å²) < 4.78 is 0. The molecular weight excluding hydrogens is 180 g/mol. The number of hydrogen-bond donors (Lipinski definition) is 0. The number of fused-ring (bicyclic) bond motifs is 2. The molecule has 0 saturated carbocycles. The molecule has 3 rings (SSSR count). The van der Waals surface area contributed by atoms with Gasteiger partial charge in [0.15, 0.2) is 0 Å². The van der Waals surface area contributed by atoms with Crippen molar-refractivity contribution in [2.24, 2.45) is 0 Å². The van der Waals surface area contributed by atoms with Gasteiger partial charge in [-0.25, -0.2) is 0 Å². The van der Waals surface area contributed by atoms with E-state index in [2.05, 4.69) is 50.3 Å². The predicted octanol–water partition coefficient (Wildman–Crippen LogP) is 4.11. The van der Waals surface area contributed by atoms with Crippen LogP contribution in [0.1, 0.15) is 23.6 Å². The second kappa shape index (κ2) is 2.96. The largest absolute Gasteiger partial charge is 0.0683 e. The molecule has 0 heteroatoms. The van der Waals surface area contributed by atoms with Gasteiger partial charge in [-0.15, -0.1) is 0 Å². The van der Waals surface area contributed by atoms with E-state index in [1.165, 1.54) is 33.0 Å². The van der Waals surface area contributed by atoms with Gasteiger partial charge >= 0.3 is 0 Å². The molecule has 0 spiro atoms. The van der Waals surface area contributed by atoms with Crippen molar-refractivity contribution < 1.29 is 0 Å². The fraction of sp³-hybridized carbons (Fsp3) is 0.200. The van der Waals surface area contributed by atoms with Crippen LogP contribution in [0, 0.1) is 6.92 Å². The quantitative estimate of drug-likeness (QED) is 0.592. The van der Waals surface area contributed by atoms with Crippen molar-refractivity contribution >= 4 is 16.8 Å². The molecule has 0 aliphatic heterocycles. The molecule has 15 heavy (non-hydrogen) atoms. The maximum atomic E-state index is 2.31. The van der Waals surface area contributed by atoms with Crippen molar-refractivity contribution in [3.05, 3.63) is 52.6 Å². The van der Waals surface area contributed by atoms with Crippen molar-refractivity contribution in [3.63, 3.8) is 0 Å². The monoisotopic (exact) mass is 194 g/mol. The number of allylic oxidation sites excluding steroid dienone is 1. The van der Waals surface area contributed by atoms with Gasteiger partial charge in [-0.3, -0.25) is 0 Å². The average Bonchev–Trinajstić information content (AvgIpc) is 2.59. The van der Waals surface area contributed by atoms with Gasteiger partial charge in [0.2, 0.25) is 0 Å². The van der Waals surface area contributed by atoms with E-state index in [0.29, 0.717) is 0 Å². The van der Waals surface area contributed by atoms with E-state index < -0.39 is 0 Å². The fourth-order valence-electron chi connectivity index (χ4n) is 2.56. The zero-order valence-corrected chi connectivity index (χ0v) is 9.17. The summed E-state index contributed by atoms with van der Waals surface area (Å²) in [5.41, 5.74) is 5.87. The molecule has 0 aromatic heterocycles. The van der Waals surface area contributed by atoms with Crippen LogP contribution in [0.3, 0.4) is 0 Å². The normalized spacial score (nSPS) is 14.1. The SMILES string of the molecule is CC1=Cc2cc3ccccc3c(C)c2C1. The summed E-state index contributed by atoms with van der Waals surface area (Å²) in [6.45, 7) is 4.46. The lowest BCUT2D eigenvalue weighted by Gasteiger charge is -2.08. The lowest BCUT2D eigenvalue weighted by molar-refractivity contribution is 1.17. The van der Waals surface area contributed by atoms with Crippen LogP contribution >= 0.6 is 0 Å². The lowest BCUT2D eigenvalue weighted by Crippen LogP contribution is -1.90. The van der Waals surface area contributed by atoms with Crippen LogP contribution in [0.4, 0.5) is 0 Å². The zero-order chi connectivity index (χ0) is 10.4. The summed E-state index contributed by atoms with van der Waals surface area (Å²) in [6.07, 6.45) is 3.45. The van der Waals surface area contributed by atoms with Crippen LogP contribution in [-0.4, -0.2) is 0 Å². The van der Waals surface area contributed by atoms with Crippen LogP contribution in [0.25, 0.3) is 16.8 Å². The molecule has 0 heterocycles. The van der Waals surface area contributed by atoms with Crippen LogP contribution in [0.2, 0.25) is 0 Å². The molecule has 0 N–H and O–H groups in total. The Labute approximate surface area is 90.2 Å². The predicted molar refractivity (Wildman–Crippen MR) is 66.0 cm³/mol. The van der Waals surface area contributed by atoms with E-state index >= 15 is 0 Å². The van der Waals surface area contributed by atoms with Crippen molar-refractivity contribution in [2.75, 3.05) is 0 Å². The van der Waals surface area contributed by atoms with E-state index in [1.54, 1.807) is 0 Å². The molecule has 0 atom stereocenters. The third kappa shape index (κ3) is 1.21. The maximum Gasteiger partial charge on any atom is -0.00577 e. The summed E-state index contributed by atoms with van der Waals surface area (Å²) in [6, 6.07) is 11.0. The smallest absolute Gasteiger partial charge is 0.00577 e. The fourth-order valence-corrected chi connectivity index (χ4v) is 2.56. The highest BCUT2D eigenvalue weighted by Crippen LogP contribution is 2.32. The Morgan fingerprint density at radius 2 is 1.87 bits per heavy atom. The Morgan fingerprint density at radius 3 is 2.73 bits per heavy atom. The number of benzene rings is 2.